The van der Waals surface area contributed by atoms with Crippen LogP contribution in [0.2, 0.25) is 0 Å². The molecule has 0 saturated heterocycles. The third kappa shape index (κ3) is 2.55. The van der Waals surface area contributed by atoms with Gasteiger partial charge in [-0.05, 0) is 24.8 Å². The molecule has 1 heterocycles. The average molecular weight is 243 g/mol. The van der Waals surface area contributed by atoms with Crippen LogP contribution in [0.5, 0.6) is 0 Å². The Hall–Kier alpha value is -1.77. The van der Waals surface area contributed by atoms with Crippen LogP contribution in [-0.4, -0.2) is 9.55 Å². The van der Waals surface area contributed by atoms with Gasteiger partial charge in [0.05, 0.1) is 6.33 Å². The normalized spacial score (nSPS) is 11.1. The number of benzene rings is 1. The molecular weight excluding hydrogens is 222 g/mol. The third-order valence-electron chi connectivity index (χ3n) is 3.09. The molecule has 3 heteroatoms. The molecule has 2 aromatic rings. The Morgan fingerprint density at radius 3 is 2.39 bits per heavy atom. The van der Waals surface area contributed by atoms with Crippen molar-refractivity contribution >= 4 is 5.82 Å². The van der Waals surface area contributed by atoms with Crippen molar-refractivity contribution in [2.45, 2.75) is 33.7 Å². The van der Waals surface area contributed by atoms with Crippen molar-refractivity contribution in [1.82, 2.24) is 9.55 Å². The van der Waals surface area contributed by atoms with Gasteiger partial charge in [0.1, 0.15) is 11.5 Å². The molecule has 0 fully saturated rings. The molecule has 0 unspecified atom stereocenters. The van der Waals surface area contributed by atoms with Gasteiger partial charge < -0.3 is 10.3 Å². The Balaban J connectivity index is 2.26. The first-order chi connectivity index (χ1) is 8.61. The first-order valence-corrected chi connectivity index (χ1v) is 6.51. The Kier molecular flexibility index (Phi) is 3.70. The molecule has 0 atom stereocenters. The fourth-order valence-corrected chi connectivity index (χ4v) is 2.14. The number of rotatable bonds is 4. The van der Waals surface area contributed by atoms with Crippen molar-refractivity contribution in [3.63, 3.8) is 0 Å². The van der Waals surface area contributed by atoms with Crippen LogP contribution in [0.3, 0.4) is 0 Å². The van der Waals surface area contributed by atoms with Crippen LogP contribution >= 0.6 is 0 Å². The Labute approximate surface area is 109 Å². The van der Waals surface area contributed by atoms with Crippen molar-refractivity contribution in [2.24, 2.45) is 5.92 Å². The molecule has 18 heavy (non-hydrogen) atoms. The predicted molar refractivity (Wildman–Crippen MR) is 76.3 cm³/mol. The van der Waals surface area contributed by atoms with E-state index in [-0.39, 0.29) is 0 Å². The minimum absolute atomic E-state index is 0.681. The second-order valence-corrected chi connectivity index (χ2v) is 5.06. The SMILES string of the molecule is CCn1cnc(-c2ccc(CC(C)C)cc2)c1N. The summed E-state index contributed by atoms with van der Waals surface area (Å²) in [5.74, 6) is 1.43. The van der Waals surface area contributed by atoms with Gasteiger partial charge in [-0.15, -0.1) is 0 Å². The van der Waals surface area contributed by atoms with E-state index in [4.69, 9.17) is 5.73 Å². The largest absolute Gasteiger partial charge is 0.383 e. The number of nitrogens with two attached hydrogens (primary N) is 1. The highest BCUT2D eigenvalue weighted by molar-refractivity contribution is 5.70. The third-order valence-corrected chi connectivity index (χ3v) is 3.09. The smallest absolute Gasteiger partial charge is 0.131 e. The number of nitrogen functional groups attached to an aromatic ring is 1. The Bertz CT molecular complexity index is 509. The zero-order valence-electron chi connectivity index (χ0n) is 11.4. The molecule has 0 radical (unpaired) electrons. The molecule has 0 aliphatic carbocycles. The van der Waals surface area contributed by atoms with Crippen molar-refractivity contribution < 1.29 is 0 Å². The lowest BCUT2D eigenvalue weighted by Crippen LogP contribution is -1.99. The number of imidazole rings is 1. The number of aromatic nitrogens is 2. The molecule has 0 aliphatic rings. The van der Waals surface area contributed by atoms with Crippen LogP contribution in [0.25, 0.3) is 11.3 Å². The number of nitrogens with zero attached hydrogens (tertiary/aromatic N) is 2. The van der Waals surface area contributed by atoms with Gasteiger partial charge in [0.25, 0.3) is 0 Å². The molecular formula is C15H21N3. The highest BCUT2D eigenvalue weighted by Gasteiger charge is 2.08. The van der Waals surface area contributed by atoms with Crippen LogP contribution in [0, 0.1) is 5.92 Å². The summed E-state index contributed by atoms with van der Waals surface area (Å²) in [5, 5.41) is 0. The van der Waals surface area contributed by atoms with Gasteiger partial charge in [-0.3, -0.25) is 0 Å². The average Bonchev–Trinajstić information content (AvgIpc) is 2.71. The lowest BCUT2D eigenvalue weighted by molar-refractivity contribution is 0.647. The van der Waals surface area contributed by atoms with Gasteiger partial charge in [-0.25, -0.2) is 4.98 Å². The summed E-state index contributed by atoms with van der Waals surface area (Å²) < 4.78 is 1.96. The van der Waals surface area contributed by atoms with Crippen LogP contribution < -0.4 is 5.73 Å². The summed E-state index contributed by atoms with van der Waals surface area (Å²) in [7, 11) is 0. The van der Waals surface area contributed by atoms with E-state index in [2.05, 4.69) is 50.0 Å². The molecule has 3 nitrogen and oxygen atoms in total. The fraction of sp³-hybridized carbons (Fsp3) is 0.400. The molecule has 1 aromatic heterocycles. The maximum Gasteiger partial charge on any atom is 0.131 e. The highest BCUT2D eigenvalue weighted by atomic mass is 15.1. The standard InChI is InChI=1S/C15H21N3/c1-4-18-10-17-14(15(18)16)13-7-5-12(6-8-13)9-11(2)3/h5-8,10-11H,4,9,16H2,1-3H3. The molecule has 0 saturated carbocycles. The second-order valence-electron chi connectivity index (χ2n) is 5.06. The molecule has 2 N–H and O–H groups in total. The van der Waals surface area contributed by atoms with Gasteiger partial charge in [-0.2, -0.15) is 0 Å². The molecule has 2 rings (SSSR count). The van der Waals surface area contributed by atoms with E-state index < -0.39 is 0 Å². The molecule has 0 spiro atoms. The Morgan fingerprint density at radius 1 is 1.22 bits per heavy atom. The van der Waals surface area contributed by atoms with Crippen LogP contribution in [0.1, 0.15) is 26.3 Å². The van der Waals surface area contributed by atoms with Crippen LogP contribution in [0.15, 0.2) is 30.6 Å². The summed E-state index contributed by atoms with van der Waals surface area (Å²) in [6, 6.07) is 8.55. The topological polar surface area (TPSA) is 43.8 Å². The predicted octanol–water partition coefficient (Wildman–Crippen LogP) is 3.35. The lowest BCUT2D eigenvalue weighted by Gasteiger charge is -2.06. The molecule has 96 valence electrons. The number of aryl methyl sites for hydroxylation is 1. The quantitative estimate of drug-likeness (QED) is 0.895. The number of hydrogen-bond donors (Lipinski definition) is 1. The van der Waals surface area contributed by atoms with E-state index in [0.29, 0.717) is 5.92 Å². The van der Waals surface area contributed by atoms with Gasteiger partial charge >= 0.3 is 0 Å². The summed E-state index contributed by atoms with van der Waals surface area (Å²) in [4.78, 5) is 4.39. The molecule has 0 aliphatic heterocycles. The van der Waals surface area contributed by atoms with E-state index in [1.54, 1.807) is 6.33 Å². The van der Waals surface area contributed by atoms with Gasteiger partial charge in [0.15, 0.2) is 0 Å². The fourth-order valence-electron chi connectivity index (χ4n) is 2.14. The number of hydrogen-bond acceptors (Lipinski definition) is 2. The van der Waals surface area contributed by atoms with E-state index >= 15 is 0 Å². The first kappa shape index (κ1) is 12.7. The van der Waals surface area contributed by atoms with Crippen molar-refractivity contribution in [3.8, 4) is 11.3 Å². The maximum atomic E-state index is 6.07. The van der Waals surface area contributed by atoms with E-state index in [1.165, 1.54) is 5.56 Å². The lowest BCUT2D eigenvalue weighted by atomic mass is 10.0. The van der Waals surface area contributed by atoms with Crippen LogP contribution in [-0.2, 0) is 13.0 Å². The number of anilines is 1. The van der Waals surface area contributed by atoms with Crippen molar-refractivity contribution in [1.29, 1.82) is 0 Å². The van der Waals surface area contributed by atoms with E-state index in [0.717, 1.165) is 30.0 Å². The van der Waals surface area contributed by atoms with E-state index in [1.807, 2.05) is 4.57 Å². The summed E-state index contributed by atoms with van der Waals surface area (Å²) in [5.41, 5.74) is 9.40. The summed E-state index contributed by atoms with van der Waals surface area (Å²) >= 11 is 0. The zero-order chi connectivity index (χ0) is 13.1. The first-order valence-electron chi connectivity index (χ1n) is 6.51. The maximum absolute atomic E-state index is 6.07. The minimum atomic E-state index is 0.681. The Morgan fingerprint density at radius 2 is 1.89 bits per heavy atom. The van der Waals surface area contributed by atoms with Gasteiger partial charge in [-0.1, -0.05) is 38.1 Å². The summed E-state index contributed by atoms with van der Waals surface area (Å²) in [6.45, 7) is 7.38. The summed E-state index contributed by atoms with van der Waals surface area (Å²) in [6.07, 6.45) is 2.91. The van der Waals surface area contributed by atoms with Crippen molar-refractivity contribution in [3.05, 3.63) is 36.2 Å². The molecule has 0 bridgehead atoms. The second kappa shape index (κ2) is 5.25. The van der Waals surface area contributed by atoms with E-state index in [9.17, 15) is 0 Å². The zero-order valence-corrected chi connectivity index (χ0v) is 11.4. The van der Waals surface area contributed by atoms with Gasteiger partial charge in [0.2, 0.25) is 0 Å². The minimum Gasteiger partial charge on any atom is -0.383 e. The monoisotopic (exact) mass is 243 g/mol. The van der Waals surface area contributed by atoms with Crippen molar-refractivity contribution in [2.75, 3.05) is 5.73 Å². The highest BCUT2D eigenvalue weighted by Crippen LogP contribution is 2.24. The molecule has 1 aromatic carbocycles. The van der Waals surface area contributed by atoms with Gasteiger partial charge in [0, 0.05) is 12.1 Å². The molecule has 0 amide bonds. The van der Waals surface area contributed by atoms with Crippen LogP contribution in [0.4, 0.5) is 5.82 Å².